The number of anilines is 1. The van der Waals surface area contributed by atoms with Gasteiger partial charge in [-0.2, -0.15) is 5.10 Å². The van der Waals surface area contributed by atoms with E-state index in [4.69, 9.17) is 4.74 Å². The summed E-state index contributed by atoms with van der Waals surface area (Å²) in [6.07, 6.45) is 2.67. The molecule has 0 spiro atoms. The zero-order chi connectivity index (χ0) is 15.5. The van der Waals surface area contributed by atoms with Gasteiger partial charge in [0.05, 0.1) is 24.5 Å². The van der Waals surface area contributed by atoms with Crippen molar-refractivity contribution >= 4 is 5.82 Å². The van der Waals surface area contributed by atoms with Crippen LogP contribution in [0.1, 0.15) is 35.0 Å². The van der Waals surface area contributed by atoms with E-state index in [1.54, 1.807) is 6.33 Å². The van der Waals surface area contributed by atoms with E-state index in [9.17, 15) is 0 Å². The number of nitrogens with one attached hydrogen (secondary N) is 1. The standard InChI is InChI=1S/C16H23N5O/c1-11-12(2)20-21(13(11)3)6-5-17-16-8-15(18-10-19-16)14-4-7-22-9-14/h8,10,14H,4-7,9H2,1-3H3,(H,17,18,19)/t14-/m1/s1. The number of hydrogen-bond donors (Lipinski definition) is 1. The van der Waals surface area contributed by atoms with Crippen LogP contribution in [0.5, 0.6) is 0 Å². The summed E-state index contributed by atoms with van der Waals surface area (Å²) in [5, 5.41) is 7.91. The average molecular weight is 301 g/mol. The van der Waals surface area contributed by atoms with Gasteiger partial charge in [-0.1, -0.05) is 0 Å². The predicted molar refractivity (Wildman–Crippen MR) is 85.1 cm³/mol. The van der Waals surface area contributed by atoms with Crippen LogP contribution >= 0.6 is 0 Å². The van der Waals surface area contributed by atoms with Crippen LogP contribution in [0.3, 0.4) is 0 Å². The van der Waals surface area contributed by atoms with Gasteiger partial charge in [0.25, 0.3) is 0 Å². The minimum absolute atomic E-state index is 0.405. The summed E-state index contributed by atoms with van der Waals surface area (Å²) in [6.45, 7) is 9.48. The summed E-state index contributed by atoms with van der Waals surface area (Å²) in [5.74, 6) is 1.28. The van der Waals surface area contributed by atoms with Crippen molar-refractivity contribution in [2.75, 3.05) is 25.1 Å². The number of ether oxygens (including phenoxy) is 1. The Morgan fingerprint density at radius 3 is 2.86 bits per heavy atom. The second-order valence-electron chi connectivity index (χ2n) is 5.83. The van der Waals surface area contributed by atoms with E-state index in [0.717, 1.165) is 49.9 Å². The lowest BCUT2D eigenvalue weighted by molar-refractivity contribution is 0.193. The van der Waals surface area contributed by atoms with Gasteiger partial charge in [-0.25, -0.2) is 9.97 Å². The topological polar surface area (TPSA) is 64.9 Å². The molecule has 3 heterocycles. The molecular weight excluding hydrogens is 278 g/mol. The largest absolute Gasteiger partial charge is 0.381 e. The molecule has 1 fully saturated rings. The highest BCUT2D eigenvalue weighted by Crippen LogP contribution is 2.24. The van der Waals surface area contributed by atoms with Gasteiger partial charge in [0.15, 0.2) is 0 Å². The van der Waals surface area contributed by atoms with Crippen LogP contribution in [0.4, 0.5) is 5.82 Å². The van der Waals surface area contributed by atoms with Crippen molar-refractivity contribution < 1.29 is 4.74 Å². The quantitative estimate of drug-likeness (QED) is 0.917. The van der Waals surface area contributed by atoms with Crippen molar-refractivity contribution in [2.24, 2.45) is 0 Å². The fourth-order valence-electron chi connectivity index (χ4n) is 2.75. The second kappa shape index (κ2) is 6.44. The molecule has 118 valence electrons. The Morgan fingerprint density at radius 2 is 2.18 bits per heavy atom. The predicted octanol–water partition coefficient (Wildman–Crippen LogP) is 2.21. The lowest BCUT2D eigenvalue weighted by atomic mass is 10.1. The van der Waals surface area contributed by atoms with Crippen LogP contribution in [0.15, 0.2) is 12.4 Å². The van der Waals surface area contributed by atoms with E-state index in [1.165, 1.54) is 11.3 Å². The van der Waals surface area contributed by atoms with Gasteiger partial charge in [-0.15, -0.1) is 0 Å². The van der Waals surface area contributed by atoms with Crippen molar-refractivity contribution in [1.82, 2.24) is 19.7 Å². The molecule has 0 saturated carbocycles. The molecular formula is C16H23N5O. The normalized spacial score (nSPS) is 17.9. The Morgan fingerprint density at radius 1 is 1.32 bits per heavy atom. The van der Waals surface area contributed by atoms with Gasteiger partial charge in [0.1, 0.15) is 12.1 Å². The van der Waals surface area contributed by atoms with Crippen LogP contribution in [-0.2, 0) is 11.3 Å². The van der Waals surface area contributed by atoms with Gasteiger partial charge in [0, 0.05) is 30.8 Å². The number of hydrogen-bond acceptors (Lipinski definition) is 5. The summed E-state index contributed by atoms with van der Waals surface area (Å²) < 4.78 is 7.47. The lowest BCUT2D eigenvalue weighted by Crippen LogP contribution is -2.14. The first kappa shape index (κ1) is 15.0. The molecule has 2 aromatic rings. The van der Waals surface area contributed by atoms with Crippen LogP contribution in [0, 0.1) is 20.8 Å². The lowest BCUT2D eigenvalue weighted by Gasteiger charge is -2.10. The van der Waals surface area contributed by atoms with Crippen molar-refractivity contribution in [3.63, 3.8) is 0 Å². The molecule has 6 nitrogen and oxygen atoms in total. The van der Waals surface area contributed by atoms with Gasteiger partial charge < -0.3 is 10.1 Å². The molecule has 22 heavy (non-hydrogen) atoms. The molecule has 0 amide bonds. The molecule has 0 unspecified atom stereocenters. The van der Waals surface area contributed by atoms with E-state index in [2.05, 4.69) is 34.2 Å². The molecule has 1 saturated heterocycles. The minimum Gasteiger partial charge on any atom is -0.381 e. The minimum atomic E-state index is 0.405. The first-order valence-corrected chi connectivity index (χ1v) is 7.79. The smallest absolute Gasteiger partial charge is 0.129 e. The summed E-state index contributed by atoms with van der Waals surface area (Å²) in [5.41, 5.74) is 4.66. The summed E-state index contributed by atoms with van der Waals surface area (Å²) in [7, 11) is 0. The van der Waals surface area contributed by atoms with E-state index in [0.29, 0.717) is 5.92 Å². The van der Waals surface area contributed by atoms with Gasteiger partial charge in [0.2, 0.25) is 0 Å². The van der Waals surface area contributed by atoms with Crippen LogP contribution in [-0.4, -0.2) is 39.5 Å². The van der Waals surface area contributed by atoms with Crippen LogP contribution in [0.2, 0.25) is 0 Å². The van der Waals surface area contributed by atoms with Crippen LogP contribution in [0.25, 0.3) is 0 Å². The highest BCUT2D eigenvalue weighted by molar-refractivity contribution is 5.36. The van der Waals surface area contributed by atoms with Gasteiger partial charge in [-0.05, 0) is 32.8 Å². The number of aryl methyl sites for hydroxylation is 1. The van der Waals surface area contributed by atoms with E-state index in [1.807, 2.05) is 17.7 Å². The van der Waals surface area contributed by atoms with Gasteiger partial charge in [-0.3, -0.25) is 4.68 Å². The average Bonchev–Trinajstić information content (AvgIpc) is 3.14. The Kier molecular flexibility index (Phi) is 4.38. The third-order valence-corrected chi connectivity index (χ3v) is 4.41. The Bertz CT molecular complexity index is 646. The van der Waals surface area contributed by atoms with E-state index in [-0.39, 0.29) is 0 Å². The fourth-order valence-corrected chi connectivity index (χ4v) is 2.75. The monoisotopic (exact) mass is 301 g/mol. The Hall–Kier alpha value is -1.95. The van der Waals surface area contributed by atoms with Crippen molar-refractivity contribution in [2.45, 2.75) is 39.7 Å². The second-order valence-corrected chi connectivity index (χ2v) is 5.83. The molecule has 0 radical (unpaired) electrons. The highest BCUT2D eigenvalue weighted by atomic mass is 16.5. The Labute approximate surface area is 130 Å². The maximum Gasteiger partial charge on any atom is 0.129 e. The van der Waals surface area contributed by atoms with Crippen molar-refractivity contribution in [1.29, 1.82) is 0 Å². The molecule has 6 heteroatoms. The highest BCUT2D eigenvalue weighted by Gasteiger charge is 2.19. The molecule has 0 bridgehead atoms. The molecule has 2 aromatic heterocycles. The maximum atomic E-state index is 5.42. The van der Waals surface area contributed by atoms with E-state index < -0.39 is 0 Å². The van der Waals surface area contributed by atoms with E-state index >= 15 is 0 Å². The molecule has 1 aliphatic heterocycles. The van der Waals surface area contributed by atoms with Gasteiger partial charge >= 0.3 is 0 Å². The number of nitrogens with zero attached hydrogens (tertiary/aromatic N) is 4. The molecule has 1 N–H and O–H groups in total. The van der Waals surface area contributed by atoms with Crippen molar-refractivity contribution in [3.05, 3.63) is 35.0 Å². The molecule has 1 aliphatic rings. The zero-order valence-corrected chi connectivity index (χ0v) is 13.5. The third-order valence-electron chi connectivity index (χ3n) is 4.41. The summed E-state index contributed by atoms with van der Waals surface area (Å²) in [6, 6.07) is 2.03. The first-order chi connectivity index (χ1) is 10.6. The van der Waals surface area contributed by atoms with Crippen molar-refractivity contribution in [3.8, 4) is 0 Å². The zero-order valence-electron chi connectivity index (χ0n) is 13.5. The van der Waals surface area contributed by atoms with Crippen LogP contribution < -0.4 is 5.32 Å². The first-order valence-electron chi connectivity index (χ1n) is 7.79. The third kappa shape index (κ3) is 3.11. The molecule has 1 atom stereocenters. The molecule has 0 aliphatic carbocycles. The fraction of sp³-hybridized carbons (Fsp3) is 0.562. The number of aromatic nitrogens is 4. The molecule has 0 aromatic carbocycles. The molecule has 3 rings (SSSR count). The summed E-state index contributed by atoms with van der Waals surface area (Å²) in [4.78, 5) is 8.66. The maximum absolute atomic E-state index is 5.42. The Balaban J connectivity index is 1.59. The summed E-state index contributed by atoms with van der Waals surface area (Å²) >= 11 is 0. The number of rotatable bonds is 5. The SMILES string of the molecule is Cc1nn(CCNc2cc([C@@H]3CCOC3)ncn2)c(C)c1C.